The predicted octanol–water partition coefficient (Wildman–Crippen LogP) is 4.34. The van der Waals surface area contributed by atoms with Gasteiger partial charge in [-0.3, -0.25) is 4.98 Å². The van der Waals surface area contributed by atoms with Gasteiger partial charge in [-0.1, -0.05) is 44.5 Å². The summed E-state index contributed by atoms with van der Waals surface area (Å²) in [7, 11) is 0. The van der Waals surface area contributed by atoms with Crippen molar-refractivity contribution in [2.75, 3.05) is 5.73 Å². The topological polar surface area (TPSA) is 88.2 Å². The standard InChI is InChI=1S/C17H20ClN3O2/c1-17(2,3)15(21-16(22)23)14-6-4-5-13(20-14)10-7-8-11(18)12(19)9-10/h4-9,15,21H,19H2,1-3H3,(H,22,23). The van der Waals surface area contributed by atoms with Gasteiger partial charge in [0, 0.05) is 5.56 Å². The summed E-state index contributed by atoms with van der Waals surface area (Å²) < 4.78 is 0. The lowest BCUT2D eigenvalue weighted by Crippen LogP contribution is -2.36. The molecular formula is C17H20ClN3O2. The number of pyridine rings is 1. The Morgan fingerprint density at radius 3 is 2.57 bits per heavy atom. The number of carboxylic acid groups (broad SMARTS) is 1. The smallest absolute Gasteiger partial charge is 0.405 e. The van der Waals surface area contributed by atoms with Crippen LogP contribution in [-0.2, 0) is 0 Å². The van der Waals surface area contributed by atoms with E-state index < -0.39 is 12.1 Å². The van der Waals surface area contributed by atoms with Gasteiger partial charge < -0.3 is 16.2 Å². The summed E-state index contributed by atoms with van der Waals surface area (Å²) in [5.41, 5.74) is 8.21. The van der Waals surface area contributed by atoms with Crippen LogP contribution < -0.4 is 11.1 Å². The first kappa shape index (κ1) is 17.1. The van der Waals surface area contributed by atoms with Crippen LogP contribution >= 0.6 is 11.6 Å². The minimum Gasteiger partial charge on any atom is -0.465 e. The molecule has 0 aliphatic rings. The Labute approximate surface area is 140 Å². The molecular weight excluding hydrogens is 314 g/mol. The molecule has 4 N–H and O–H groups in total. The van der Waals surface area contributed by atoms with Gasteiger partial charge in [0.05, 0.1) is 28.1 Å². The zero-order valence-corrected chi connectivity index (χ0v) is 14.1. The fraction of sp³-hybridized carbons (Fsp3) is 0.294. The molecule has 0 spiro atoms. The highest BCUT2D eigenvalue weighted by Crippen LogP contribution is 2.33. The van der Waals surface area contributed by atoms with E-state index in [2.05, 4.69) is 10.3 Å². The molecule has 0 radical (unpaired) electrons. The molecule has 1 aromatic heterocycles. The molecule has 122 valence electrons. The Bertz CT molecular complexity index is 726. The molecule has 1 aromatic carbocycles. The van der Waals surface area contributed by atoms with Crippen LogP contribution in [0, 0.1) is 5.41 Å². The molecule has 0 aliphatic carbocycles. The molecule has 0 aliphatic heterocycles. The second-order valence-corrected chi connectivity index (χ2v) is 6.84. The van der Waals surface area contributed by atoms with Gasteiger partial charge in [0.25, 0.3) is 0 Å². The van der Waals surface area contributed by atoms with Crippen molar-refractivity contribution in [3.63, 3.8) is 0 Å². The number of hydrogen-bond donors (Lipinski definition) is 3. The summed E-state index contributed by atoms with van der Waals surface area (Å²) >= 11 is 5.95. The van der Waals surface area contributed by atoms with E-state index in [1.807, 2.05) is 45.0 Å². The Hall–Kier alpha value is -2.27. The molecule has 0 fully saturated rings. The lowest BCUT2D eigenvalue weighted by molar-refractivity contribution is 0.174. The number of nitrogen functional groups attached to an aromatic ring is 1. The maximum Gasteiger partial charge on any atom is 0.405 e. The van der Waals surface area contributed by atoms with Crippen molar-refractivity contribution in [2.45, 2.75) is 26.8 Å². The van der Waals surface area contributed by atoms with E-state index in [0.29, 0.717) is 22.1 Å². The first-order chi connectivity index (χ1) is 10.7. The van der Waals surface area contributed by atoms with Crippen LogP contribution in [0.3, 0.4) is 0 Å². The van der Waals surface area contributed by atoms with Gasteiger partial charge in [-0.25, -0.2) is 4.79 Å². The van der Waals surface area contributed by atoms with Gasteiger partial charge in [0.15, 0.2) is 0 Å². The molecule has 1 atom stereocenters. The Kier molecular flexibility index (Phi) is 4.80. The third-order valence-electron chi connectivity index (χ3n) is 3.49. The molecule has 1 amide bonds. The summed E-state index contributed by atoms with van der Waals surface area (Å²) in [5.74, 6) is 0. The normalized spacial score (nSPS) is 12.7. The maximum atomic E-state index is 11.1. The molecule has 2 rings (SSSR count). The van der Waals surface area contributed by atoms with Crippen molar-refractivity contribution in [1.29, 1.82) is 0 Å². The lowest BCUT2D eigenvalue weighted by Gasteiger charge is -2.30. The molecule has 1 heterocycles. The second kappa shape index (κ2) is 6.46. The van der Waals surface area contributed by atoms with Crippen LogP contribution in [0.2, 0.25) is 5.02 Å². The third-order valence-corrected chi connectivity index (χ3v) is 3.84. The van der Waals surface area contributed by atoms with Gasteiger partial charge in [0.1, 0.15) is 0 Å². The number of rotatable bonds is 3. The molecule has 0 saturated heterocycles. The van der Waals surface area contributed by atoms with Gasteiger partial charge in [0.2, 0.25) is 0 Å². The molecule has 5 nitrogen and oxygen atoms in total. The molecule has 0 saturated carbocycles. The predicted molar refractivity (Wildman–Crippen MR) is 92.5 cm³/mol. The average molecular weight is 334 g/mol. The fourth-order valence-corrected chi connectivity index (χ4v) is 2.45. The maximum absolute atomic E-state index is 11.1. The number of nitrogens with zero attached hydrogens (tertiary/aromatic N) is 1. The lowest BCUT2D eigenvalue weighted by atomic mass is 9.84. The summed E-state index contributed by atoms with van der Waals surface area (Å²) in [6.07, 6.45) is -1.08. The van der Waals surface area contributed by atoms with E-state index in [9.17, 15) is 4.79 Å². The second-order valence-electron chi connectivity index (χ2n) is 6.43. The van der Waals surface area contributed by atoms with Crippen LogP contribution in [0.5, 0.6) is 0 Å². The summed E-state index contributed by atoms with van der Waals surface area (Å²) in [4.78, 5) is 15.7. The van der Waals surface area contributed by atoms with Crippen LogP contribution in [0.25, 0.3) is 11.3 Å². The van der Waals surface area contributed by atoms with Crippen molar-refractivity contribution in [3.05, 3.63) is 47.1 Å². The quantitative estimate of drug-likeness (QED) is 0.729. The van der Waals surface area contributed by atoms with Crippen molar-refractivity contribution in [3.8, 4) is 11.3 Å². The third kappa shape index (κ3) is 4.13. The van der Waals surface area contributed by atoms with E-state index in [4.69, 9.17) is 22.4 Å². The van der Waals surface area contributed by atoms with Crippen LogP contribution in [0.4, 0.5) is 10.5 Å². The Balaban J connectivity index is 2.45. The van der Waals surface area contributed by atoms with Crippen LogP contribution in [0.15, 0.2) is 36.4 Å². The van der Waals surface area contributed by atoms with E-state index in [1.165, 1.54) is 0 Å². The highest BCUT2D eigenvalue weighted by atomic mass is 35.5. The van der Waals surface area contributed by atoms with E-state index in [-0.39, 0.29) is 5.41 Å². The summed E-state index contributed by atoms with van der Waals surface area (Å²) in [6, 6.07) is 10.4. The van der Waals surface area contributed by atoms with Crippen molar-refractivity contribution in [2.24, 2.45) is 5.41 Å². The molecule has 0 bridgehead atoms. The van der Waals surface area contributed by atoms with Crippen molar-refractivity contribution >= 4 is 23.4 Å². The van der Waals surface area contributed by atoms with Gasteiger partial charge in [-0.05, 0) is 29.7 Å². The number of halogens is 1. The molecule has 6 heteroatoms. The number of aromatic nitrogens is 1. The van der Waals surface area contributed by atoms with Gasteiger partial charge in [-0.15, -0.1) is 0 Å². The summed E-state index contributed by atoms with van der Waals surface area (Å²) in [6.45, 7) is 5.88. The molecule has 2 aromatic rings. The average Bonchev–Trinajstić information content (AvgIpc) is 2.46. The van der Waals surface area contributed by atoms with E-state index >= 15 is 0 Å². The van der Waals surface area contributed by atoms with Crippen LogP contribution in [0.1, 0.15) is 32.5 Å². The van der Waals surface area contributed by atoms with Crippen LogP contribution in [-0.4, -0.2) is 16.2 Å². The fourth-order valence-electron chi connectivity index (χ4n) is 2.33. The SMILES string of the molecule is CC(C)(C)C(NC(=O)O)c1cccc(-c2ccc(Cl)c(N)c2)n1. The van der Waals surface area contributed by atoms with Gasteiger partial charge in [-0.2, -0.15) is 0 Å². The number of nitrogens with one attached hydrogen (secondary N) is 1. The van der Waals surface area contributed by atoms with Crippen molar-refractivity contribution in [1.82, 2.24) is 10.3 Å². The Morgan fingerprint density at radius 1 is 1.30 bits per heavy atom. The number of nitrogens with two attached hydrogens (primary N) is 1. The first-order valence-corrected chi connectivity index (χ1v) is 7.58. The highest BCUT2D eigenvalue weighted by molar-refractivity contribution is 6.33. The number of carbonyl (C=O) groups is 1. The highest BCUT2D eigenvalue weighted by Gasteiger charge is 2.29. The van der Waals surface area contributed by atoms with Gasteiger partial charge >= 0.3 is 6.09 Å². The number of anilines is 1. The van der Waals surface area contributed by atoms with E-state index in [1.54, 1.807) is 12.1 Å². The molecule has 1 unspecified atom stereocenters. The summed E-state index contributed by atoms with van der Waals surface area (Å²) in [5, 5.41) is 12.1. The van der Waals surface area contributed by atoms with E-state index in [0.717, 1.165) is 5.56 Å². The zero-order valence-electron chi connectivity index (χ0n) is 13.3. The number of benzene rings is 1. The first-order valence-electron chi connectivity index (χ1n) is 7.20. The van der Waals surface area contributed by atoms with Crippen molar-refractivity contribution < 1.29 is 9.90 Å². The number of amides is 1. The number of hydrogen-bond acceptors (Lipinski definition) is 3. The zero-order chi connectivity index (χ0) is 17.2. The molecule has 23 heavy (non-hydrogen) atoms. The largest absolute Gasteiger partial charge is 0.465 e. The minimum atomic E-state index is -1.08. The monoisotopic (exact) mass is 333 g/mol. The Morgan fingerprint density at radius 2 is 2.00 bits per heavy atom. The minimum absolute atomic E-state index is 0.316.